The van der Waals surface area contributed by atoms with E-state index in [2.05, 4.69) is 15.5 Å². The molecule has 0 saturated carbocycles. The predicted molar refractivity (Wildman–Crippen MR) is 111 cm³/mol. The van der Waals surface area contributed by atoms with Gasteiger partial charge in [0, 0.05) is 18.4 Å². The van der Waals surface area contributed by atoms with Crippen LogP contribution in [-0.4, -0.2) is 23.2 Å². The third-order valence-corrected chi connectivity index (χ3v) is 4.38. The summed E-state index contributed by atoms with van der Waals surface area (Å²) < 4.78 is 10.8. The van der Waals surface area contributed by atoms with Crippen molar-refractivity contribution in [2.45, 2.75) is 39.7 Å². The Labute approximate surface area is 171 Å². The first-order valence-electron chi connectivity index (χ1n) is 9.65. The molecule has 0 saturated heterocycles. The summed E-state index contributed by atoms with van der Waals surface area (Å²) in [6, 6.07) is 17.0. The summed E-state index contributed by atoms with van der Waals surface area (Å²) in [5, 5.41) is 7.18. The number of hydrogen-bond donors (Lipinski definition) is 1. The molecule has 29 heavy (non-hydrogen) atoms. The maximum atomic E-state index is 12.6. The third kappa shape index (κ3) is 5.91. The lowest BCUT2D eigenvalue weighted by Crippen LogP contribution is -2.32. The Kier molecular flexibility index (Phi) is 6.32. The molecule has 3 aromatic rings. The normalized spacial score (nSPS) is 12.4. The van der Waals surface area contributed by atoms with Gasteiger partial charge in [-0.1, -0.05) is 68.4 Å². The Balaban J connectivity index is 1.85. The van der Waals surface area contributed by atoms with E-state index >= 15 is 0 Å². The molecule has 0 radical (unpaired) electrons. The Bertz CT molecular complexity index is 945. The molecule has 1 amide bonds. The maximum absolute atomic E-state index is 12.6. The number of carbonyl (C=O) groups excluding carboxylic acids is 1. The molecule has 0 aliphatic rings. The van der Waals surface area contributed by atoms with E-state index in [1.807, 2.05) is 75.4 Å². The van der Waals surface area contributed by atoms with E-state index in [1.165, 1.54) is 0 Å². The second-order valence-electron chi connectivity index (χ2n) is 8.24. The average molecular weight is 393 g/mol. The second-order valence-corrected chi connectivity index (χ2v) is 8.24. The number of ether oxygens (including phenoxy) is 1. The summed E-state index contributed by atoms with van der Waals surface area (Å²) in [5.74, 6) is 1.52. The van der Waals surface area contributed by atoms with Crippen molar-refractivity contribution in [1.29, 1.82) is 0 Å². The summed E-state index contributed by atoms with van der Waals surface area (Å²) in [4.78, 5) is 17.1. The first-order chi connectivity index (χ1) is 13.8. The summed E-state index contributed by atoms with van der Waals surface area (Å²) in [5.41, 5.74) is 1.76. The summed E-state index contributed by atoms with van der Waals surface area (Å²) in [6.45, 7) is 6.10. The molecular formula is C23H27N3O3. The van der Waals surface area contributed by atoms with Crippen LogP contribution in [-0.2, 0) is 11.2 Å². The van der Waals surface area contributed by atoms with Gasteiger partial charge in [-0.05, 0) is 23.1 Å². The molecule has 3 rings (SSSR count). The van der Waals surface area contributed by atoms with Crippen molar-refractivity contribution in [2.75, 3.05) is 7.11 Å². The zero-order valence-corrected chi connectivity index (χ0v) is 17.3. The van der Waals surface area contributed by atoms with Crippen molar-refractivity contribution < 1.29 is 14.1 Å². The van der Waals surface area contributed by atoms with Gasteiger partial charge in [0.05, 0.1) is 7.11 Å². The zero-order chi connectivity index (χ0) is 20.9. The van der Waals surface area contributed by atoms with Crippen LogP contribution in [0.3, 0.4) is 0 Å². The lowest BCUT2D eigenvalue weighted by molar-refractivity contribution is -0.123. The monoisotopic (exact) mass is 393 g/mol. The van der Waals surface area contributed by atoms with Gasteiger partial charge >= 0.3 is 0 Å². The maximum Gasteiger partial charge on any atom is 0.249 e. The van der Waals surface area contributed by atoms with Crippen molar-refractivity contribution in [2.24, 2.45) is 5.41 Å². The predicted octanol–water partition coefficient (Wildman–Crippen LogP) is 4.58. The quantitative estimate of drug-likeness (QED) is 0.636. The second kappa shape index (κ2) is 8.90. The number of hydrogen-bond acceptors (Lipinski definition) is 5. The topological polar surface area (TPSA) is 77.3 Å². The molecule has 0 bridgehead atoms. The lowest BCUT2D eigenvalue weighted by atomic mass is 9.91. The largest absolute Gasteiger partial charge is 0.497 e. The highest BCUT2D eigenvalue weighted by Crippen LogP contribution is 2.25. The number of aromatic nitrogens is 2. The number of nitrogens with zero attached hydrogens (tertiary/aromatic N) is 2. The van der Waals surface area contributed by atoms with E-state index in [0.29, 0.717) is 30.3 Å². The van der Waals surface area contributed by atoms with Crippen molar-refractivity contribution >= 4 is 5.91 Å². The first-order valence-corrected chi connectivity index (χ1v) is 9.65. The number of methoxy groups -OCH3 is 1. The minimum Gasteiger partial charge on any atom is -0.497 e. The van der Waals surface area contributed by atoms with Gasteiger partial charge in [-0.2, -0.15) is 4.98 Å². The van der Waals surface area contributed by atoms with Gasteiger partial charge in [-0.15, -0.1) is 0 Å². The Hall–Kier alpha value is -3.15. The summed E-state index contributed by atoms with van der Waals surface area (Å²) in [6.07, 6.45) is 0.978. The minimum absolute atomic E-state index is 0.0421. The number of amides is 1. The molecule has 0 aliphatic carbocycles. The highest BCUT2D eigenvalue weighted by atomic mass is 16.5. The van der Waals surface area contributed by atoms with Crippen LogP contribution in [0.15, 0.2) is 59.1 Å². The van der Waals surface area contributed by atoms with Gasteiger partial charge in [0.25, 0.3) is 0 Å². The van der Waals surface area contributed by atoms with Gasteiger partial charge in [0.15, 0.2) is 0 Å². The van der Waals surface area contributed by atoms with Crippen molar-refractivity contribution in [3.8, 4) is 17.1 Å². The highest BCUT2D eigenvalue weighted by molar-refractivity contribution is 5.77. The van der Waals surface area contributed by atoms with Crippen LogP contribution in [0, 0.1) is 5.41 Å². The molecule has 0 spiro atoms. The Morgan fingerprint density at radius 3 is 2.59 bits per heavy atom. The molecule has 1 N–H and O–H groups in total. The van der Waals surface area contributed by atoms with Gasteiger partial charge in [0.2, 0.25) is 17.6 Å². The summed E-state index contributed by atoms with van der Waals surface area (Å²) in [7, 11) is 1.61. The number of carbonyl (C=O) groups is 1. The van der Waals surface area contributed by atoms with Crippen LogP contribution < -0.4 is 10.1 Å². The van der Waals surface area contributed by atoms with E-state index in [4.69, 9.17) is 9.26 Å². The molecule has 6 nitrogen and oxygen atoms in total. The van der Waals surface area contributed by atoms with E-state index in [9.17, 15) is 4.79 Å². The average Bonchev–Trinajstić information content (AvgIpc) is 3.17. The molecule has 1 atom stereocenters. The van der Waals surface area contributed by atoms with Gasteiger partial charge in [-0.3, -0.25) is 4.79 Å². The molecule has 1 aromatic heterocycles. The smallest absolute Gasteiger partial charge is 0.249 e. The molecular weight excluding hydrogens is 366 g/mol. The van der Waals surface area contributed by atoms with Crippen molar-refractivity contribution in [1.82, 2.24) is 15.5 Å². The first kappa shape index (κ1) is 20.6. The van der Waals surface area contributed by atoms with E-state index in [1.54, 1.807) is 7.11 Å². The Morgan fingerprint density at radius 2 is 1.90 bits per heavy atom. The van der Waals surface area contributed by atoms with Crippen molar-refractivity contribution in [3.63, 3.8) is 0 Å². The van der Waals surface area contributed by atoms with Gasteiger partial charge in [-0.25, -0.2) is 0 Å². The van der Waals surface area contributed by atoms with Crippen molar-refractivity contribution in [3.05, 3.63) is 66.1 Å². The van der Waals surface area contributed by atoms with E-state index < -0.39 is 6.04 Å². The fraction of sp³-hybridized carbons (Fsp3) is 0.348. The molecule has 0 fully saturated rings. The SMILES string of the molecule is COc1cccc(-c2noc(C(Cc3ccccc3)NC(=O)CC(C)(C)C)n2)c1. The third-order valence-electron chi connectivity index (χ3n) is 4.38. The van der Waals surface area contributed by atoms with E-state index in [0.717, 1.165) is 11.1 Å². The van der Waals surface area contributed by atoms with Crippen LogP contribution in [0.2, 0.25) is 0 Å². The van der Waals surface area contributed by atoms with Crippen LogP contribution in [0.25, 0.3) is 11.4 Å². The lowest BCUT2D eigenvalue weighted by Gasteiger charge is -2.20. The Morgan fingerprint density at radius 1 is 1.14 bits per heavy atom. The van der Waals surface area contributed by atoms with Crippen LogP contribution in [0.5, 0.6) is 5.75 Å². The number of benzene rings is 2. The zero-order valence-electron chi connectivity index (χ0n) is 17.3. The standard InChI is InChI=1S/C23H27N3O3/c1-23(2,3)15-20(27)24-19(13-16-9-6-5-7-10-16)22-25-21(26-29-22)17-11-8-12-18(14-17)28-4/h5-12,14,19H,13,15H2,1-4H3,(H,24,27). The van der Waals surface area contributed by atoms with Crippen LogP contribution >= 0.6 is 0 Å². The fourth-order valence-electron chi connectivity index (χ4n) is 3.03. The highest BCUT2D eigenvalue weighted by Gasteiger charge is 2.24. The molecule has 0 aliphatic heterocycles. The molecule has 1 unspecified atom stereocenters. The molecule has 152 valence electrons. The molecule has 2 aromatic carbocycles. The number of rotatable bonds is 7. The van der Waals surface area contributed by atoms with Crippen LogP contribution in [0.4, 0.5) is 0 Å². The van der Waals surface area contributed by atoms with Gasteiger partial charge < -0.3 is 14.6 Å². The van der Waals surface area contributed by atoms with E-state index in [-0.39, 0.29) is 11.3 Å². The van der Waals surface area contributed by atoms with Gasteiger partial charge in [0.1, 0.15) is 11.8 Å². The molecule has 1 heterocycles. The molecule has 6 heteroatoms. The number of nitrogens with one attached hydrogen (secondary N) is 1. The summed E-state index contributed by atoms with van der Waals surface area (Å²) >= 11 is 0. The van der Waals surface area contributed by atoms with Crippen LogP contribution in [0.1, 0.15) is 44.7 Å². The fourth-order valence-corrected chi connectivity index (χ4v) is 3.03. The minimum atomic E-state index is -0.404.